The molecule has 0 bridgehead atoms. The number of rotatable bonds is 4. The molecule has 0 radical (unpaired) electrons. The lowest BCUT2D eigenvalue weighted by atomic mass is 10.1. The first-order chi connectivity index (χ1) is 10.8. The molecule has 110 valence electrons. The van der Waals surface area contributed by atoms with Crippen molar-refractivity contribution in [3.8, 4) is 11.5 Å². The molecule has 0 saturated carbocycles. The van der Waals surface area contributed by atoms with Gasteiger partial charge < -0.3 is 9.15 Å². The molecule has 1 aromatic heterocycles. The van der Waals surface area contributed by atoms with Crippen LogP contribution in [-0.4, -0.2) is 23.3 Å². The molecule has 1 heterocycles. The summed E-state index contributed by atoms with van der Waals surface area (Å²) in [4.78, 5) is 11.4. The van der Waals surface area contributed by atoms with Crippen LogP contribution in [0, 0.1) is 0 Å². The molecule has 0 aliphatic rings. The molecule has 0 atom stereocenters. The summed E-state index contributed by atoms with van der Waals surface area (Å²) >= 11 is 0. The van der Waals surface area contributed by atoms with Gasteiger partial charge in [0.15, 0.2) is 0 Å². The van der Waals surface area contributed by atoms with Gasteiger partial charge in [-0.25, -0.2) is 4.79 Å². The first kappa shape index (κ1) is 14.0. The SMILES string of the molecule is COC(=O)c1ccc(Cc2nnc(-c3ccccc3)o2)cc1. The minimum atomic E-state index is -0.351. The van der Waals surface area contributed by atoms with Crippen LogP contribution in [0.25, 0.3) is 11.5 Å². The monoisotopic (exact) mass is 294 g/mol. The van der Waals surface area contributed by atoms with E-state index in [1.165, 1.54) is 7.11 Å². The predicted octanol–water partition coefficient (Wildman–Crippen LogP) is 3.11. The predicted molar refractivity (Wildman–Crippen MR) is 80.3 cm³/mol. The minimum Gasteiger partial charge on any atom is -0.465 e. The van der Waals surface area contributed by atoms with E-state index < -0.39 is 0 Å². The molecule has 0 aliphatic carbocycles. The second kappa shape index (κ2) is 6.22. The van der Waals surface area contributed by atoms with Crippen molar-refractivity contribution in [1.82, 2.24) is 10.2 Å². The van der Waals surface area contributed by atoms with Crippen LogP contribution in [0.5, 0.6) is 0 Å². The van der Waals surface area contributed by atoms with Gasteiger partial charge in [0.05, 0.1) is 19.1 Å². The van der Waals surface area contributed by atoms with Crippen molar-refractivity contribution in [3.05, 3.63) is 71.6 Å². The Hall–Kier alpha value is -2.95. The minimum absolute atomic E-state index is 0.351. The van der Waals surface area contributed by atoms with Crippen molar-refractivity contribution >= 4 is 5.97 Å². The number of carbonyl (C=O) groups is 1. The van der Waals surface area contributed by atoms with Crippen molar-refractivity contribution in [2.24, 2.45) is 0 Å². The van der Waals surface area contributed by atoms with Crippen molar-refractivity contribution in [2.75, 3.05) is 7.11 Å². The zero-order valence-corrected chi connectivity index (χ0v) is 12.0. The molecular formula is C17H14N2O3. The van der Waals surface area contributed by atoms with Crippen LogP contribution in [-0.2, 0) is 11.2 Å². The van der Waals surface area contributed by atoms with E-state index in [0.717, 1.165) is 11.1 Å². The van der Waals surface area contributed by atoms with E-state index in [1.54, 1.807) is 12.1 Å². The quantitative estimate of drug-likeness (QED) is 0.692. The summed E-state index contributed by atoms with van der Waals surface area (Å²) in [6.07, 6.45) is 0.515. The summed E-state index contributed by atoms with van der Waals surface area (Å²) < 4.78 is 10.3. The number of hydrogen-bond acceptors (Lipinski definition) is 5. The van der Waals surface area contributed by atoms with Gasteiger partial charge in [-0.3, -0.25) is 0 Å². The molecule has 2 aromatic carbocycles. The Morgan fingerprint density at radius 3 is 2.45 bits per heavy atom. The topological polar surface area (TPSA) is 65.2 Å². The van der Waals surface area contributed by atoms with E-state index in [1.807, 2.05) is 42.5 Å². The first-order valence-corrected chi connectivity index (χ1v) is 6.81. The largest absolute Gasteiger partial charge is 0.465 e. The van der Waals surface area contributed by atoms with E-state index in [-0.39, 0.29) is 5.97 Å². The van der Waals surface area contributed by atoms with Crippen molar-refractivity contribution in [1.29, 1.82) is 0 Å². The summed E-state index contributed by atoms with van der Waals surface area (Å²) in [6.45, 7) is 0. The fourth-order valence-electron chi connectivity index (χ4n) is 2.07. The average molecular weight is 294 g/mol. The Kier molecular flexibility index (Phi) is 3.96. The molecule has 0 fully saturated rings. The zero-order valence-electron chi connectivity index (χ0n) is 12.0. The van der Waals surface area contributed by atoms with Crippen LogP contribution in [0.15, 0.2) is 59.0 Å². The van der Waals surface area contributed by atoms with Crippen molar-refractivity contribution in [2.45, 2.75) is 6.42 Å². The summed E-state index contributed by atoms with van der Waals surface area (Å²) in [6, 6.07) is 16.7. The van der Waals surface area contributed by atoms with Gasteiger partial charge in [0.25, 0.3) is 0 Å². The summed E-state index contributed by atoms with van der Waals surface area (Å²) in [5.41, 5.74) is 2.39. The fraction of sp³-hybridized carbons (Fsp3) is 0.118. The van der Waals surface area contributed by atoms with Gasteiger partial charge in [-0.1, -0.05) is 30.3 Å². The molecule has 3 aromatic rings. The second-order valence-corrected chi connectivity index (χ2v) is 4.73. The van der Waals surface area contributed by atoms with Crippen LogP contribution in [0.2, 0.25) is 0 Å². The number of carbonyl (C=O) groups excluding carboxylic acids is 1. The Labute approximate surface area is 127 Å². The molecule has 0 unspecified atom stereocenters. The number of ether oxygens (including phenoxy) is 1. The van der Waals surface area contributed by atoms with Crippen molar-refractivity contribution < 1.29 is 13.9 Å². The van der Waals surface area contributed by atoms with Gasteiger partial charge in [-0.2, -0.15) is 0 Å². The van der Waals surface area contributed by atoms with Gasteiger partial charge in [0.1, 0.15) is 0 Å². The summed E-state index contributed by atoms with van der Waals surface area (Å²) in [5, 5.41) is 8.10. The summed E-state index contributed by atoms with van der Waals surface area (Å²) in [5.74, 6) is 0.683. The van der Waals surface area contributed by atoms with Gasteiger partial charge in [-0.05, 0) is 29.8 Å². The fourth-order valence-corrected chi connectivity index (χ4v) is 2.07. The molecule has 22 heavy (non-hydrogen) atoms. The maximum absolute atomic E-state index is 11.4. The maximum Gasteiger partial charge on any atom is 0.337 e. The van der Waals surface area contributed by atoms with Crippen LogP contribution in [0.3, 0.4) is 0 Å². The highest BCUT2D eigenvalue weighted by Gasteiger charge is 2.10. The van der Waals surface area contributed by atoms with Gasteiger partial charge in [-0.15, -0.1) is 10.2 Å². The van der Waals surface area contributed by atoms with Crippen molar-refractivity contribution in [3.63, 3.8) is 0 Å². The summed E-state index contributed by atoms with van der Waals surface area (Å²) in [7, 11) is 1.36. The zero-order chi connectivity index (χ0) is 15.4. The van der Waals surface area contributed by atoms with E-state index in [0.29, 0.717) is 23.8 Å². The van der Waals surface area contributed by atoms with Crippen LogP contribution >= 0.6 is 0 Å². The number of methoxy groups -OCH3 is 1. The lowest BCUT2D eigenvalue weighted by molar-refractivity contribution is 0.0600. The van der Waals surface area contributed by atoms with E-state index in [9.17, 15) is 4.79 Å². The maximum atomic E-state index is 11.4. The molecule has 0 spiro atoms. The molecule has 3 rings (SSSR count). The smallest absolute Gasteiger partial charge is 0.337 e. The Balaban J connectivity index is 1.74. The molecule has 5 heteroatoms. The Morgan fingerprint density at radius 1 is 1.05 bits per heavy atom. The van der Waals surface area contributed by atoms with Crippen LogP contribution < -0.4 is 0 Å². The van der Waals surface area contributed by atoms with Gasteiger partial charge in [0, 0.05) is 5.56 Å². The lowest BCUT2D eigenvalue weighted by Gasteiger charge is -2.00. The first-order valence-electron chi connectivity index (χ1n) is 6.81. The third-order valence-electron chi connectivity index (χ3n) is 3.22. The number of nitrogens with zero attached hydrogens (tertiary/aromatic N) is 2. The van der Waals surface area contributed by atoms with Gasteiger partial charge in [0.2, 0.25) is 11.8 Å². The van der Waals surface area contributed by atoms with E-state index in [2.05, 4.69) is 14.9 Å². The molecular weight excluding hydrogens is 280 g/mol. The molecule has 0 aliphatic heterocycles. The van der Waals surface area contributed by atoms with Gasteiger partial charge >= 0.3 is 5.97 Å². The second-order valence-electron chi connectivity index (χ2n) is 4.73. The Morgan fingerprint density at radius 2 is 1.77 bits per heavy atom. The van der Waals surface area contributed by atoms with E-state index in [4.69, 9.17) is 4.42 Å². The normalized spacial score (nSPS) is 10.4. The highest BCUT2D eigenvalue weighted by molar-refractivity contribution is 5.89. The number of benzene rings is 2. The van der Waals surface area contributed by atoms with Crippen LogP contribution in [0.4, 0.5) is 0 Å². The highest BCUT2D eigenvalue weighted by Crippen LogP contribution is 2.18. The standard InChI is InChI=1S/C17H14N2O3/c1-21-17(20)14-9-7-12(8-10-14)11-15-18-19-16(22-15)13-5-3-2-4-6-13/h2-10H,11H2,1H3. The highest BCUT2D eigenvalue weighted by atomic mass is 16.5. The molecule has 0 saturated heterocycles. The molecule has 5 nitrogen and oxygen atoms in total. The number of hydrogen-bond donors (Lipinski definition) is 0. The number of esters is 1. The van der Waals surface area contributed by atoms with E-state index >= 15 is 0 Å². The number of aromatic nitrogens is 2. The molecule has 0 amide bonds. The third kappa shape index (κ3) is 3.03. The molecule has 0 N–H and O–H groups in total. The lowest BCUT2D eigenvalue weighted by Crippen LogP contribution is -2.01. The van der Waals surface area contributed by atoms with Crippen LogP contribution in [0.1, 0.15) is 21.8 Å². The third-order valence-corrected chi connectivity index (χ3v) is 3.22. The average Bonchev–Trinajstić information content (AvgIpc) is 3.04. The Bertz CT molecular complexity index is 764.